The number of carboxylic acids is 1. The van der Waals surface area contributed by atoms with Crippen LogP contribution in [0.4, 0.5) is 4.79 Å². The summed E-state index contributed by atoms with van der Waals surface area (Å²) < 4.78 is 11.1. The lowest BCUT2D eigenvalue weighted by molar-refractivity contribution is -0.141. The maximum Gasteiger partial charge on any atom is 0.317 e. The number of rotatable bonds is 7. The number of carboxylic acid groups (broad SMARTS) is 1. The average Bonchev–Trinajstić information content (AvgIpc) is 2.31. The summed E-state index contributed by atoms with van der Waals surface area (Å²) in [5.74, 6) is -1.53. The number of aliphatic carboxylic acids is 1. The van der Waals surface area contributed by atoms with E-state index in [-0.39, 0.29) is 17.8 Å². The van der Waals surface area contributed by atoms with Crippen molar-refractivity contribution in [2.24, 2.45) is 5.92 Å². The summed E-state index contributed by atoms with van der Waals surface area (Å²) in [6.07, 6.45) is 1.58. The summed E-state index contributed by atoms with van der Waals surface area (Å²) in [6.45, 7) is 6.05. The molecule has 6 nitrogen and oxygen atoms in total. The maximum atomic E-state index is 11.8. The number of carbonyl (C=O) groups excluding carboxylic acids is 1. The highest BCUT2D eigenvalue weighted by molar-refractivity contribution is 7.84. The molecule has 2 amide bonds. The van der Waals surface area contributed by atoms with Crippen LogP contribution >= 0.6 is 0 Å². The molecular weight excluding hydrogens is 256 g/mol. The summed E-state index contributed by atoms with van der Waals surface area (Å²) >= 11 is 0. The van der Waals surface area contributed by atoms with Gasteiger partial charge in [-0.2, -0.15) is 0 Å². The molecule has 0 radical (unpaired) electrons. The molecule has 0 heterocycles. The van der Waals surface area contributed by atoms with Gasteiger partial charge in [-0.15, -0.1) is 0 Å². The minimum atomic E-state index is -0.987. The van der Waals surface area contributed by atoms with Crippen molar-refractivity contribution in [2.75, 3.05) is 25.9 Å². The normalized spacial score (nSPS) is 15.6. The van der Waals surface area contributed by atoms with Gasteiger partial charge in [-0.25, -0.2) is 4.79 Å². The molecular formula is C11H22N2O4S. The van der Waals surface area contributed by atoms with E-state index in [1.807, 2.05) is 0 Å². The second kappa shape index (κ2) is 8.07. The number of hydrogen-bond acceptors (Lipinski definition) is 3. The van der Waals surface area contributed by atoms with Gasteiger partial charge in [0.2, 0.25) is 0 Å². The van der Waals surface area contributed by atoms with Crippen LogP contribution in [-0.2, 0) is 15.6 Å². The molecule has 0 aromatic rings. The van der Waals surface area contributed by atoms with Gasteiger partial charge >= 0.3 is 12.0 Å². The van der Waals surface area contributed by atoms with E-state index < -0.39 is 22.7 Å². The van der Waals surface area contributed by atoms with Crippen molar-refractivity contribution < 1.29 is 18.9 Å². The average molecular weight is 278 g/mol. The molecule has 106 valence electrons. The van der Waals surface area contributed by atoms with E-state index >= 15 is 0 Å². The van der Waals surface area contributed by atoms with E-state index in [2.05, 4.69) is 5.32 Å². The molecule has 3 unspecified atom stereocenters. The lowest BCUT2D eigenvalue weighted by atomic mass is 10.2. The van der Waals surface area contributed by atoms with Gasteiger partial charge in [-0.3, -0.25) is 9.00 Å². The first-order valence-electron chi connectivity index (χ1n) is 5.87. The maximum absolute atomic E-state index is 11.8. The molecule has 0 aromatic heterocycles. The predicted molar refractivity (Wildman–Crippen MR) is 71.0 cm³/mol. The molecule has 0 aliphatic heterocycles. The van der Waals surface area contributed by atoms with Crippen LogP contribution < -0.4 is 5.32 Å². The molecule has 0 saturated heterocycles. The fraction of sp³-hybridized carbons (Fsp3) is 0.818. The van der Waals surface area contributed by atoms with Crippen LogP contribution in [0.2, 0.25) is 0 Å². The quantitative estimate of drug-likeness (QED) is 0.710. The minimum absolute atomic E-state index is 0.121. The Hall–Kier alpha value is -1.11. The predicted octanol–water partition coefficient (Wildman–Crippen LogP) is 0.506. The number of hydrogen-bond donors (Lipinski definition) is 2. The number of amides is 2. The van der Waals surface area contributed by atoms with E-state index in [1.54, 1.807) is 27.0 Å². The van der Waals surface area contributed by atoms with Gasteiger partial charge in [0.15, 0.2) is 0 Å². The fourth-order valence-corrected chi connectivity index (χ4v) is 1.54. The van der Waals surface area contributed by atoms with Gasteiger partial charge in [0.05, 0.1) is 5.92 Å². The molecule has 0 aromatic carbocycles. The van der Waals surface area contributed by atoms with Crippen LogP contribution in [0.15, 0.2) is 0 Å². The number of nitrogens with one attached hydrogen (secondary N) is 1. The standard InChI is InChI=1S/C11H22N2O4S/c1-5-13(7-8(2)10(14)15)11(16)12-6-9(3)18(4)17/h8-9H,5-7H2,1-4H3,(H,12,16)(H,14,15). The van der Waals surface area contributed by atoms with E-state index in [1.165, 1.54) is 4.90 Å². The second-order valence-electron chi connectivity index (χ2n) is 4.27. The molecule has 0 aliphatic rings. The molecule has 0 rings (SSSR count). The molecule has 7 heteroatoms. The third-order valence-corrected chi connectivity index (χ3v) is 3.99. The first-order valence-corrected chi connectivity index (χ1v) is 7.49. The van der Waals surface area contributed by atoms with Gasteiger partial charge in [-0.1, -0.05) is 6.92 Å². The van der Waals surface area contributed by atoms with Gasteiger partial charge in [0.1, 0.15) is 0 Å². The first kappa shape index (κ1) is 16.9. The zero-order valence-corrected chi connectivity index (χ0v) is 12.1. The summed E-state index contributed by atoms with van der Waals surface area (Å²) in [6, 6.07) is -0.317. The molecule has 3 atom stereocenters. The van der Waals surface area contributed by atoms with Crippen molar-refractivity contribution in [3.63, 3.8) is 0 Å². The molecule has 0 bridgehead atoms. The highest BCUT2D eigenvalue weighted by Crippen LogP contribution is 2.01. The topological polar surface area (TPSA) is 86.7 Å². The minimum Gasteiger partial charge on any atom is -0.481 e. The zero-order valence-electron chi connectivity index (χ0n) is 11.3. The van der Waals surface area contributed by atoms with Crippen LogP contribution in [0.1, 0.15) is 20.8 Å². The van der Waals surface area contributed by atoms with Crippen molar-refractivity contribution in [2.45, 2.75) is 26.0 Å². The van der Waals surface area contributed by atoms with Crippen LogP contribution in [0.25, 0.3) is 0 Å². The monoisotopic (exact) mass is 278 g/mol. The lowest BCUT2D eigenvalue weighted by Gasteiger charge is -2.23. The van der Waals surface area contributed by atoms with Crippen LogP contribution in [0.5, 0.6) is 0 Å². The molecule has 0 aliphatic carbocycles. The van der Waals surface area contributed by atoms with Crippen molar-refractivity contribution in [3.8, 4) is 0 Å². The Labute approximate surface area is 110 Å². The number of nitrogens with zero attached hydrogens (tertiary/aromatic N) is 1. The summed E-state index contributed by atoms with van der Waals surface area (Å²) in [5, 5.41) is 11.3. The Morgan fingerprint density at radius 1 is 1.39 bits per heavy atom. The Balaban J connectivity index is 4.27. The van der Waals surface area contributed by atoms with E-state index in [4.69, 9.17) is 5.11 Å². The summed E-state index contributed by atoms with van der Waals surface area (Å²) in [4.78, 5) is 23.9. The van der Waals surface area contributed by atoms with Crippen LogP contribution in [0, 0.1) is 5.92 Å². The SMILES string of the molecule is CCN(CC(C)C(=O)O)C(=O)NCC(C)S(C)=O. The molecule has 0 spiro atoms. The Morgan fingerprint density at radius 3 is 2.33 bits per heavy atom. The number of carbonyl (C=O) groups is 2. The molecule has 0 saturated carbocycles. The van der Waals surface area contributed by atoms with Crippen molar-refractivity contribution >= 4 is 22.8 Å². The highest BCUT2D eigenvalue weighted by Gasteiger charge is 2.19. The summed E-state index contributed by atoms with van der Waals surface area (Å²) in [7, 11) is -0.987. The van der Waals surface area contributed by atoms with E-state index in [0.29, 0.717) is 13.1 Å². The highest BCUT2D eigenvalue weighted by atomic mass is 32.2. The van der Waals surface area contributed by atoms with Gasteiger partial charge < -0.3 is 15.3 Å². The third-order valence-electron chi connectivity index (χ3n) is 2.69. The largest absolute Gasteiger partial charge is 0.481 e. The van der Waals surface area contributed by atoms with Crippen LogP contribution in [-0.4, -0.2) is 57.4 Å². The van der Waals surface area contributed by atoms with Crippen molar-refractivity contribution in [1.29, 1.82) is 0 Å². The molecule has 18 heavy (non-hydrogen) atoms. The fourth-order valence-electron chi connectivity index (χ4n) is 1.22. The van der Waals surface area contributed by atoms with E-state index in [9.17, 15) is 13.8 Å². The molecule has 0 fully saturated rings. The Bertz CT molecular complexity index is 322. The summed E-state index contributed by atoms with van der Waals surface area (Å²) in [5.41, 5.74) is 0. The number of urea groups is 1. The van der Waals surface area contributed by atoms with Gasteiger partial charge in [-0.05, 0) is 13.8 Å². The van der Waals surface area contributed by atoms with Crippen LogP contribution in [0.3, 0.4) is 0 Å². The molecule has 2 N–H and O–H groups in total. The van der Waals surface area contributed by atoms with Gasteiger partial charge in [0.25, 0.3) is 0 Å². The smallest absolute Gasteiger partial charge is 0.317 e. The van der Waals surface area contributed by atoms with Crippen molar-refractivity contribution in [1.82, 2.24) is 10.2 Å². The lowest BCUT2D eigenvalue weighted by Crippen LogP contribution is -2.45. The third kappa shape index (κ3) is 6.00. The Kier molecular flexibility index (Phi) is 7.58. The Morgan fingerprint density at radius 2 is 1.94 bits per heavy atom. The van der Waals surface area contributed by atoms with Gasteiger partial charge in [0, 0.05) is 41.9 Å². The second-order valence-corrected chi connectivity index (χ2v) is 6.08. The van der Waals surface area contributed by atoms with E-state index in [0.717, 1.165) is 0 Å². The first-order chi connectivity index (χ1) is 8.29. The zero-order chi connectivity index (χ0) is 14.3. The van der Waals surface area contributed by atoms with Crippen molar-refractivity contribution in [3.05, 3.63) is 0 Å².